The van der Waals surface area contributed by atoms with Crippen molar-refractivity contribution >= 4 is 35.9 Å². The molecule has 2 aliphatic carbocycles. The van der Waals surface area contributed by atoms with E-state index in [9.17, 15) is 44.1 Å². The van der Waals surface area contributed by atoms with Gasteiger partial charge in [-0.1, -0.05) is 57.2 Å². The quantitative estimate of drug-likeness (QED) is 0.0351. The van der Waals surface area contributed by atoms with Crippen LogP contribution in [0.3, 0.4) is 0 Å². The molecule has 2 fully saturated rings. The predicted octanol–water partition coefficient (Wildman–Crippen LogP) is 6.70. The smallest absolute Gasteiger partial charge is 0.407 e. The summed E-state index contributed by atoms with van der Waals surface area (Å²) in [7, 11) is 0. The number of carbonyl (C=O) groups excluding carboxylic acids is 6. The lowest BCUT2D eigenvalue weighted by Crippen LogP contribution is -2.64. The summed E-state index contributed by atoms with van der Waals surface area (Å²) >= 11 is 0. The number of unbranched alkanes of at least 4 members (excludes halogenated alkanes) is 6. The van der Waals surface area contributed by atoms with Gasteiger partial charge in [-0.2, -0.15) is 0 Å². The molecule has 16 nitrogen and oxygen atoms in total. The highest BCUT2D eigenvalue weighted by atomic mass is 16.6. The highest BCUT2D eigenvalue weighted by Gasteiger charge is 2.76. The summed E-state index contributed by atoms with van der Waals surface area (Å²) in [4.78, 5) is 79.3. The molecule has 1 heterocycles. The molecular weight excluding hydrogens is 843 g/mol. The number of allylic oxidation sites excluding steroid dienone is 1. The summed E-state index contributed by atoms with van der Waals surface area (Å²) in [6.07, 6.45) is 1.36. The molecule has 4 N–H and O–H groups in total. The second-order valence-corrected chi connectivity index (χ2v) is 19.0. The van der Waals surface area contributed by atoms with Crippen molar-refractivity contribution in [3.05, 3.63) is 52.1 Å². The number of phenolic OH excluding ortho intramolecular Hbond substituents is 1. The number of alkyl carbamates (subject to hydrolysis) is 1. The fourth-order valence-corrected chi connectivity index (χ4v) is 9.06. The Kier molecular flexibility index (Phi) is 17.8. The molecule has 1 amide bonds. The number of ether oxygens (including phenoxy) is 6. The van der Waals surface area contributed by atoms with E-state index in [4.69, 9.17) is 28.4 Å². The topological polar surface area (TPSA) is 231 Å². The summed E-state index contributed by atoms with van der Waals surface area (Å²) in [6.45, 7) is 16.4. The number of carbonyl (C=O) groups is 6. The number of fused-ring (bicyclic) bond motifs is 3. The minimum Gasteiger partial charge on any atom is -0.508 e. The highest BCUT2D eigenvalue weighted by Crippen LogP contribution is 2.57. The third-order valence-electron chi connectivity index (χ3n) is 12.6. The van der Waals surface area contributed by atoms with Gasteiger partial charge in [-0.05, 0) is 116 Å². The van der Waals surface area contributed by atoms with Gasteiger partial charge in [0.1, 0.15) is 23.1 Å². The van der Waals surface area contributed by atoms with Crippen molar-refractivity contribution in [2.45, 2.75) is 200 Å². The van der Waals surface area contributed by atoms with Crippen LogP contribution in [0.2, 0.25) is 0 Å². The molecule has 4 rings (SSSR count). The van der Waals surface area contributed by atoms with Crippen molar-refractivity contribution in [3.63, 3.8) is 0 Å². The van der Waals surface area contributed by atoms with Crippen LogP contribution >= 0.6 is 0 Å². The number of aryl methyl sites for hydroxylation is 2. The molecule has 2 unspecified atom stereocenters. The molecule has 0 radical (unpaired) electrons. The lowest BCUT2D eigenvalue weighted by Gasteiger charge is -2.41. The minimum atomic E-state index is -2.69. The van der Waals surface area contributed by atoms with Crippen LogP contribution in [0.5, 0.6) is 5.75 Å². The number of benzene rings is 1. The third-order valence-corrected chi connectivity index (χ3v) is 12.6. The molecule has 8 atom stereocenters. The molecule has 65 heavy (non-hydrogen) atoms. The number of hydrogen-bond donors (Lipinski definition) is 4. The van der Waals surface area contributed by atoms with E-state index < -0.39 is 95.1 Å². The maximum Gasteiger partial charge on any atom is 0.407 e. The van der Waals surface area contributed by atoms with Crippen LogP contribution in [0.15, 0.2) is 41.0 Å². The van der Waals surface area contributed by atoms with E-state index in [1.807, 2.05) is 0 Å². The highest BCUT2D eigenvalue weighted by molar-refractivity contribution is 5.88. The van der Waals surface area contributed by atoms with Crippen LogP contribution in [0.4, 0.5) is 4.79 Å². The number of phenols is 1. The molecule has 362 valence electrons. The molecule has 0 spiro atoms. The van der Waals surface area contributed by atoms with Crippen molar-refractivity contribution < 1.29 is 72.5 Å². The molecule has 1 saturated carbocycles. The van der Waals surface area contributed by atoms with Crippen molar-refractivity contribution in [2.24, 2.45) is 5.92 Å². The zero-order chi connectivity index (χ0) is 48.5. The summed E-state index contributed by atoms with van der Waals surface area (Å²) < 4.78 is 35.3. The number of nitrogens with one attached hydrogen (secondary N) is 1. The molecule has 1 saturated heterocycles. The van der Waals surface area contributed by atoms with E-state index in [-0.39, 0.29) is 41.7 Å². The summed E-state index contributed by atoms with van der Waals surface area (Å²) in [6, 6.07) is 4.99. The lowest BCUT2D eigenvalue weighted by molar-refractivity contribution is -0.212. The number of aromatic hydroxyl groups is 1. The van der Waals surface area contributed by atoms with Gasteiger partial charge in [0, 0.05) is 38.3 Å². The van der Waals surface area contributed by atoms with E-state index in [1.165, 1.54) is 13.0 Å². The van der Waals surface area contributed by atoms with Crippen LogP contribution in [-0.4, -0.2) is 105 Å². The first kappa shape index (κ1) is 52.7. The normalized spacial score (nSPS) is 27.5. The number of amides is 1. The number of hydrogen-bond acceptors (Lipinski definition) is 15. The zero-order valence-corrected chi connectivity index (χ0v) is 39.8. The fraction of sp³-hybridized carbons (Fsp3) is 0.673. The lowest BCUT2D eigenvalue weighted by atomic mass is 9.75. The Labute approximate surface area is 382 Å². The van der Waals surface area contributed by atoms with E-state index >= 15 is 0 Å². The van der Waals surface area contributed by atoms with Crippen LogP contribution in [-0.2, 0) is 65.2 Å². The average Bonchev–Trinajstić information content (AvgIpc) is 3.55. The molecule has 0 bridgehead atoms. The Morgan fingerprint density at radius 1 is 0.908 bits per heavy atom. The van der Waals surface area contributed by atoms with Gasteiger partial charge in [-0.3, -0.25) is 14.4 Å². The Balaban J connectivity index is 1.61. The van der Waals surface area contributed by atoms with Crippen molar-refractivity contribution in [1.82, 2.24) is 5.32 Å². The van der Waals surface area contributed by atoms with Crippen LogP contribution in [0.25, 0.3) is 0 Å². The Morgan fingerprint density at radius 3 is 2.22 bits per heavy atom. The Bertz CT molecular complexity index is 1980. The Morgan fingerprint density at radius 2 is 1.57 bits per heavy atom. The van der Waals surface area contributed by atoms with Crippen LogP contribution < -0.4 is 5.32 Å². The van der Waals surface area contributed by atoms with Crippen molar-refractivity contribution in [2.75, 3.05) is 6.54 Å². The van der Waals surface area contributed by atoms with Crippen LogP contribution in [0.1, 0.15) is 151 Å². The molecule has 1 aromatic rings. The van der Waals surface area contributed by atoms with Crippen LogP contribution in [0, 0.1) is 5.92 Å². The van der Waals surface area contributed by atoms with E-state index in [1.54, 1.807) is 59.8 Å². The summed E-state index contributed by atoms with van der Waals surface area (Å²) in [5.41, 5.74) is -5.80. The van der Waals surface area contributed by atoms with Crippen molar-refractivity contribution in [1.29, 1.82) is 0 Å². The van der Waals surface area contributed by atoms with Gasteiger partial charge in [0.2, 0.25) is 0 Å². The molecule has 0 aromatic heterocycles. The number of rotatable bonds is 20. The van der Waals surface area contributed by atoms with Gasteiger partial charge in [0.15, 0.2) is 29.5 Å². The van der Waals surface area contributed by atoms with E-state index in [2.05, 4.69) is 12.2 Å². The maximum absolute atomic E-state index is 13.9. The monoisotopic (exact) mass is 913 g/mol. The standard InChI is InChI=1S/C49H71NO15/c1-11-13-14-15-18-21-36(53)61-41-39-38(30(4)40(41)62-43(55)29(3)12-2)42-49(59,48(10,58)44(56)63-42)35(28-47(39,9)64-31(5)51)60-37(54)25-23-32-22-24-34(52)33(27-32)20-17-16-19-26-50-45(57)65-46(6,7)8/h12,22,24,27,35,39-42,52,58-59H,11,13-21,23,25-26,28H2,1-10H3,(H,50,57)/b29-12-/t35?,39-,40?,41+,42+,47+,48-,49-/m1/s1. The maximum atomic E-state index is 13.9. The molecule has 1 aliphatic heterocycles. The van der Waals surface area contributed by atoms with Gasteiger partial charge in [0.05, 0.1) is 5.92 Å². The molecular formula is C49H71NO15. The van der Waals surface area contributed by atoms with Crippen molar-refractivity contribution in [3.8, 4) is 5.75 Å². The molecule has 1 aromatic carbocycles. The van der Waals surface area contributed by atoms with Gasteiger partial charge in [-0.15, -0.1) is 0 Å². The largest absolute Gasteiger partial charge is 0.508 e. The first-order chi connectivity index (χ1) is 30.4. The van der Waals surface area contributed by atoms with E-state index in [0.717, 1.165) is 46.0 Å². The predicted molar refractivity (Wildman–Crippen MR) is 237 cm³/mol. The Hall–Kier alpha value is -4.96. The second kappa shape index (κ2) is 22.0. The van der Waals surface area contributed by atoms with Gasteiger partial charge in [0.25, 0.3) is 0 Å². The van der Waals surface area contributed by atoms with Gasteiger partial charge >= 0.3 is 35.9 Å². The van der Waals surface area contributed by atoms with E-state index in [0.29, 0.717) is 43.4 Å². The van der Waals surface area contributed by atoms with Gasteiger partial charge < -0.3 is 49.1 Å². The summed E-state index contributed by atoms with van der Waals surface area (Å²) in [5.74, 6) is -5.30. The SMILES string of the molecule is C/C=C(/C)C(=O)OC1C(C)=C2[C@H]([C@@H]1OC(=O)CCCCCCC)[C@@](C)(OC(C)=O)CC(OC(=O)CCc1ccc(O)c(CCCCCNC(=O)OC(C)(C)C)c1)[C@@]1(O)[C@H]2OC(=O)[C@@]1(C)O. The minimum absolute atomic E-state index is 0.0368. The fourth-order valence-electron chi connectivity index (χ4n) is 9.06. The molecule has 3 aliphatic rings. The zero-order valence-electron chi connectivity index (χ0n) is 39.8. The second-order valence-electron chi connectivity index (χ2n) is 19.0. The number of aliphatic hydroxyl groups is 2. The third kappa shape index (κ3) is 12.7. The average molecular weight is 914 g/mol. The summed E-state index contributed by atoms with van der Waals surface area (Å²) in [5, 5.41) is 38.0. The first-order valence-corrected chi connectivity index (χ1v) is 23.0. The first-order valence-electron chi connectivity index (χ1n) is 23.0. The molecule has 16 heteroatoms. The van der Waals surface area contributed by atoms with Gasteiger partial charge in [-0.25, -0.2) is 14.4 Å². The number of esters is 5.